The summed E-state index contributed by atoms with van der Waals surface area (Å²) in [7, 11) is 4.29. The van der Waals surface area contributed by atoms with Gasteiger partial charge in [0, 0.05) is 11.4 Å². The average Bonchev–Trinajstić information content (AvgIpc) is 2.90. The highest BCUT2D eigenvalue weighted by Crippen LogP contribution is 2.37. The van der Waals surface area contributed by atoms with Crippen LogP contribution in [0.15, 0.2) is 30.6 Å². The Kier molecular flexibility index (Phi) is 5.93. The monoisotopic (exact) mass is 394 g/mol. The molecule has 1 aliphatic carbocycles. The molecular formula is C23H30N4S. The summed E-state index contributed by atoms with van der Waals surface area (Å²) in [4.78, 5) is 14.1. The number of aromatic nitrogens is 2. The lowest BCUT2D eigenvalue weighted by Gasteiger charge is -2.25. The third-order valence-corrected chi connectivity index (χ3v) is 7.06. The summed E-state index contributed by atoms with van der Waals surface area (Å²) < 4.78 is 0. The van der Waals surface area contributed by atoms with Gasteiger partial charge in [0.05, 0.1) is 11.4 Å². The van der Waals surface area contributed by atoms with Gasteiger partial charge >= 0.3 is 0 Å². The number of hydrogen-bond donors (Lipinski definition) is 1. The number of hydrogen-bond acceptors (Lipinski definition) is 5. The van der Waals surface area contributed by atoms with Crippen molar-refractivity contribution in [3.63, 3.8) is 0 Å². The van der Waals surface area contributed by atoms with Gasteiger partial charge in [-0.15, -0.1) is 11.3 Å². The fourth-order valence-electron chi connectivity index (χ4n) is 4.17. The maximum absolute atomic E-state index is 4.64. The molecule has 148 valence electrons. The molecule has 2 heterocycles. The van der Waals surface area contributed by atoms with E-state index in [9.17, 15) is 0 Å². The minimum Gasteiger partial charge on any atom is -0.368 e. The highest BCUT2D eigenvalue weighted by atomic mass is 32.1. The summed E-state index contributed by atoms with van der Waals surface area (Å²) in [5, 5.41) is 4.93. The molecular weight excluding hydrogens is 364 g/mol. The van der Waals surface area contributed by atoms with Gasteiger partial charge in [-0.05, 0) is 62.9 Å². The van der Waals surface area contributed by atoms with Crippen molar-refractivity contribution in [2.75, 3.05) is 26.0 Å². The Labute approximate surface area is 172 Å². The Hall–Kier alpha value is -1.98. The second-order valence-electron chi connectivity index (χ2n) is 7.92. The van der Waals surface area contributed by atoms with Gasteiger partial charge in [0.1, 0.15) is 17.0 Å². The molecule has 0 saturated carbocycles. The van der Waals surface area contributed by atoms with E-state index in [1.165, 1.54) is 52.6 Å². The summed E-state index contributed by atoms with van der Waals surface area (Å²) in [5.74, 6) is 1.00. The van der Waals surface area contributed by atoms with E-state index in [0.29, 0.717) is 6.04 Å². The van der Waals surface area contributed by atoms with E-state index in [4.69, 9.17) is 0 Å². The lowest BCUT2D eigenvalue weighted by molar-refractivity contribution is 0.311. The SMILES string of the molecule is CCc1ccc([C@@H](CNc2ncnc3sc4c(c23)CCCCC4)N(C)C)cc1. The van der Waals surface area contributed by atoms with Crippen LogP contribution >= 0.6 is 11.3 Å². The molecule has 1 aromatic carbocycles. The van der Waals surface area contributed by atoms with Gasteiger partial charge in [0.25, 0.3) is 0 Å². The molecule has 0 amide bonds. The Balaban J connectivity index is 1.60. The van der Waals surface area contributed by atoms with Crippen molar-refractivity contribution >= 4 is 27.4 Å². The van der Waals surface area contributed by atoms with E-state index in [0.717, 1.165) is 30.0 Å². The van der Waals surface area contributed by atoms with Gasteiger partial charge < -0.3 is 10.2 Å². The molecule has 0 radical (unpaired) electrons. The molecule has 1 atom stereocenters. The van der Waals surface area contributed by atoms with Gasteiger partial charge in [-0.3, -0.25) is 0 Å². The number of thiophene rings is 1. The Bertz CT molecular complexity index is 930. The predicted octanol–water partition coefficient (Wildman–Crippen LogP) is 5.24. The van der Waals surface area contributed by atoms with Gasteiger partial charge in [-0.25, -0.2) is 9.97 Å². The zero-order valence-corrected chi connectivity index (χ0v) is 18.0. The molecule has 0 aliphatic heterocycles. The minimum atomic E-state index is 0.299. The maximum Gasteiger partial charge on any atom is 0.138 e. The number of nitrogens with one attached hydrogen (secondary N) is 1. The highest BCUT2D eigenvalue weighted by molar-refractivity contribution is 7.18. The molecule has 0 fully saturated rings. The molecule has 0 unspecified atom stereocenters. The molecule has 5 heteroatoms. The molecule has 2 aromatic heterocycles. The second kappa shape index (κ2) is 8.58. The van der Waals surface area contributed by atoms with Gasteiger partial charge in [0.2, 0.25) is 0 Å². The van der Waals surface area contributed by atoms with Gasteiger partial charge in [-0.1, -0.05) is 37.6 Å². The summed E-state index contributed by atoms with van der Waals surface area (Å²) in [6.07, 6.45) is 9.04. The molecule has 1 N–H and O–H groups in total. The van der Waals surface area contributed by atoms with Crippen LogP contribution < -0.4 is 5.32 Å². The number of benzene rings is 1. The third kappa shape index (κ3) is 3.91. The van der Waals surface area contributed by atoms with Crippen molar-refractivity contribution in [1.82, 2.24) is 14.9 Å². The molecule has 28 heavy (non-hydrogen) atoms. The van der Waals surface area contributed by atoms with Crippen molar-refractivity contribution < 1.29 is 0 Å². The first-order chi connectivity index (χ1) is 13.7. The first kappa shape index (κ1) is 19.3. The van der Waals surface area contributed by atoms with E-state index in [1.54, 1.807) is 6.33 Å². The van der Waals surface area contributed by atoms with Crippen LogP contribution in [0.2, 0.25) is 0 Å². The topological polar surface area (TPSA) is 41.1 Å². The molecule has 4 nitrogen and oxygen atoms in total. The normalized spacial score (nSPS) is 15.4. The summed E-state index contributed by atoms with van der Waals surface area (Å²) >= 11 is 1.87. The molecule has 0 bridgehead atoms. The smallest absolute Gasteiger partial charge is 0.138 e. The molecule has 0 spiro atoms. The number of aryl methyl sites for hydroxylation is 3. The predicted molar refractivity (Wildman–Crippen MR) is 119 cm³/mol. The largest absolute Gasteiger partial charge is 0.368 e. The zero-order valence-electron chi connectivity index (χ0n) is 17.2. The van der Waals surface area contributed by atoms with E-state index in [1.807, 2.05) is 11.3 Å². The summed E-state index contributed by atoms with van der Waals surface area (Å²) in [6.45, 7) is 3.03. The molecule has 1 aliphatic rings. The molecule has 0 saturated heterocycles. The first-order valence-corrected chi connectivity index (χ1v) is 11.2. The van der Waals surface area contributed by atoms with Crippen LogP contribution in [0.1, 0.15) is 53.8 Å². The van der Waals surface area contributed by atoms with Gasteiger partial charge in [0.15, 0.2) is 0 Å². The van der Waals surface area contributed by atoms with Crippen molar-refractivity contribution in [2.24, 2.45) is 0 Å². The van der Waals surface area contributed by atoms with E-state index in [-0.39, 0.29) is 0 Å². The number of rotatable bonds is 6. The van der Waals surface area contributed by atoms with Crippen LogP contribution in [0.3, 0.4) is 0 Å². The fraction of sp³-hybridized carbons (Fsp3) is 0.478. The van der Waals surface area contributed by atoms with Crippen molar-refractivity contribution in [1.29, 1.82) is 0 Å². The van der Waals surface area contributed by atoms with E-state index >= 15 is 0 Å². The van der Waals surface area contributed by atoms with Crippen LogP contribution in [-0.4, -0.2) is 35.5 Å². The zero-order chi connectivity index (χ0) is 19.5. The maximum atomic E-state index is 4.64. The molecule has 3 aromatic rings. The first-order valence-electron chi connectivity index (χ1n) is 10.4. The number of nitrogens with zero attached hydrogens (tertiary/aromatic N) is 3. The van der Waals surface area contributed by atoms with Crippen molar-refractivity contribution in [3.05, 3.63) is 52.2 Å². The van der Waals surface area contributed by atoms with Crippen LogP contribution in [-0.2, 0) is 19.3 Å². The fourth-order valence-corrected chi connectivity index (χ4v) is 5.40. The van der Waals surface area contributed by atoms with Crippen LogP contribution in [0.5, 0.6) is 0 Å². The van der Waals surface area contributed by atoms with Crippen LogP contribution in [0.4, 0.5) is 5.82 Å². The number of anilines is 1. The average molecular weight is 395 g/mol. The van der Waals surface area contributed by atoms with Gasteiger partial charge in [-0.2, -0.15) is 0 Å². The minimum absolute atomic E-state index is 0.299. The van der Waals surface area contributed by atoms with Crippen molar-refractivity contribution in [3.8, 4) is 0 Å². The second-order valence-corrected chi connectivity index (χ2v) is 9.01. The lowest BCUT2D eigenvalue weighted by Crippen LogP contribution is -2.27. The number of likely N-dealkylation sites (N-methyl/N-ethyl adjacent to an activating group) is 1. The quantitative estimate of drug-likeness (QED) is 0.581. The highest BCUT2D eigenvalue weighted by Gasteiger charge is 2.20. The lowest BCUT2D eigenvalue weighted by atomic mass is 10.0. The van der Waals surface area contributed by atoms with Crippen molar-refractivity contribution in [2.45, 2.75) is 51.5 Å². The van der Waals surface area contributed by atoms with E-state index < -0.39 is 0 Å². The molecule has 4 rings (SSSR count). The summed E-state index contributed by atoms with van der Waals surface area (Å²) in [5.41, 5.74) is 4.21. The van der Waals surface area contributed by atoms with Crippen LogP contribution in [0, 0.1) is 0 Å². The number of fused-ring (bicyclic) bond motifs is 3. The Morgan fingerprint density at radius 3 is 2.61 bits per heavy atom. The third-order valence-electron chi connectivity index (χ3n) is 5.86. The Morgan fingerprint density at radius 1 is 1.07 bits per heavy atom. The van der Waals surface area contributed by atoms with Crippen LogP contribution in [0.25, 0.3) is 10.2 Å². The Morgan fingerprint density at radius 2 is 1.86 bits per heavy atom. The van der Waals surface area contributed by atoms with E-state index in [2.05, 4.69) is 65.5 Å². The standard InChI is InChI=1S/C23H30N4S/c1-4-16-10-12-17(13-11-16)19(27(2)3)14-24-22-21-18-8-6-5-7-9-20(18)28-23(21)26-15-25-22/h10-13,15,19H,4-9,14H2,1-3H3,(H,24,25,26)/t19-/m1/s1. The summed E-state index contributed by atoms with van der Waals surface area (Å²) in [6, 6.07) is 9.31.